The van der Waals surface area contributed by atoms with Crippen LogP contribution in [-0.2, 0) is 0 Å². The SMILES string of the molecule is N#CC1=C(N)C(C#N)(C#N)C(c2ccc(-c3ccc(Br)cc3)o2)C2CCC=C12. The highest BCUT2D eigenvalue weighted by molar-refractivity contribution is 9.10. The standard InChI is InChI=1S/C22H15BrN4O/c23-14-6-4-13(5-7-14)18-8-9-19(28-18)20-16-3-1-2-15(16)17(10-24)21(27)22(20,11-25)12-26/h2,4-9,16,20H,1,3,27H2. The van der Waals surface area contributed by atoms with Crippen LogP contribution in [0.3, 0.4) is 0 Å². The van der Waals surface area contributed by atoms with E-state index in [2.05, 4.69) is 34.1 Å². The number of hydrogen-bond acceptors (Lipinski definition) is 5. The van der Waals surface area contributed by atoms with Gasteiger partial charge in [-0.2, -0.15) is 15.8 Å². The molecule has 6 heteroatoms. The number of allylic oxidation sites excluding steroid dienone is 4. The van der Waals surface area contributed by atoms with Crippen LogP contribution in [0.5, 0.6) is 0 Å². The Morgan fingerprint density at radius 3 is 2.43 bits per heavy atom. The third-order valence-electron chi connectivity index (χ3n) is 5.62. The van der Waals surface area contributed by atoms with Gasteiger partial charge in [-0.3, -0.25) is 0 Å². The van der Waals surface area contributed by atoms with Crippen molar-refractivity contribution in [3.63, 3.8) is 0 Å². The van der Waals surface area contributed by atoms with E-state index in [4.69, 9.17) is 10.2 Å². The Balaban J connectivity index is 1.87. The fraction of sp³-hybridized carbons (Fsp3) is 0.227. The van der Waals surface area contributed by atoms with Crippen LogP contribution in [-0.4, -0.2) is 0 Å². The first-order chi connectivity index (χ1) is 13.6. The van der Waals surface area contributed by atoms with E-state index in [0.29, 0.717) is 11.5 Å². The Hall–Kier alpha value is -3.27. The van der Waals surface area contributed by atoms with E-state index >= 15 is 0 Å². The molecule has 0 saturated carbocycles. The van der Waals surface area contributed by atoms with Crippen LogP contribution in [0.1, 0.15) is 24.5 Å². The maximum Gasteiger partial charge on any atom is 0.194 e. The number of rotatable bonds is 2. The van der Waals surface area contributed by atoms with Crippen molar-refractivity contribution in [2.45, 2.75) is 18.8 Å². The second-order valence-corrected chi connectivity index (χ2v) is 7.88. The number of nitriles is 3. The van der Waals surface area contributed by atoms with Crippen molar-refractivity contribution in [1.82, 2.24) is 0 Å². The molecule has 0 spiro atoms. The van der Waals surface area contributed by atoms with Gasteiger partial charge in [0, 0.05) is 10.0 Å². The predicted molar refractivity (Wildman–Crippen MR) is 106 cm³/mol. The lowest BCUT2D eigenvalue weighted by Gasteiger charge is -2.38. The average molecular weight is 431 g/mol. The summed E-state index contributed by atoms with van der Waals surface area (Å²) in [5.41, 5.74) is 6.61. The van der Waals surface area contributed by atoms with Gasteiger partial charge in [0.15, 0.2) is 5.41 Å². The van der Waals surface area contributed by atoms with Crippen molar-refractivity contribution in [2.75, 3.05) is 0 Å². The number of fused-ring (bicyclic) bond motifs is 1. The normalized spacial score (nSPS) is 22.6. The Morgan fingerprint density at radius 1 is 1.07 bits per heavy atom. The zero-order valence-electron chi connectivity index (χ0n) is 14.8. The first-order valence-electron chi connectivity index (χ1n) is 8.84. The Bertz CT molecular complexity index is 1120. The van der Waals surface area contributed by atoms with Gasteiger partial charge in [-0.15, -0.1) is 0 Å². The molecule has 2 unspecified atom stereocenters. The second kappa shape index (κ2) is 6.71. The van der Waals surface area contributed by atoms with E-state index in [1.165, 1.54) is 0 Å². The molecule has 0 fully saturated rings. The predicted octanol–water partition coefficient (Wildman–Crippen LogP) is 4.91. The quantitative estimate of drug-likeness (QED) is 0.726. The highest BCUT2D eigenvalue weighted by atomic mass is 79.9. The van der Waals surface area contributed by atoms with Gasteiger partial charge < -0.3 is 10.2 Å². The molecular formula is C22H15BrN4O. The molecule has 1 aromatic carbocycles. The Morgan fingerprint density at radius 2 is 1.79 bits per heavy atom. The summed E-state index contributed by atoms with van der Waals surface area (Å²) < 4.78 is 7.09. The van der Waals surface area contributed by atoms with E-state index in [1.54, 1.807) is 0 Å². The van der Waals surface area contributed by atoms with E-state index in [9.17, 15) is 15.8 Å². The first kappa shape index (κ1) is 18.1. The fourth-order valence-electron chi connectivity index (χ4n) is 4.29. The fourth-order valence-corrected chi connectivity index (χ4v) is 4.56. The maximum absolute atomic E-state index is 9.97. The molecule has 0 saturated heterocycles. The van der Waals surface area contributed by atoms with Gasteiger partial charge in [0.05, 0.1) is 29.3 Å². The summed E-state index contributed by atoms with van der Waals surface area (Å²) in [5, 5.41) is 29.5. The van der Waals surface area contributed by atoms with Crippen LogP contribution >= 0.6 is 15.9 Å². The minimum atomic E-state index is -1.63. The molecule has 5 nitrogen and oxygen atoms in total. The van der Waals surface area contributed by atoms with Crippen molar-refractivity contribution in [3.8, 4) is 29.5 Å². The molecule has 0 aliphatic heterocycles. The monoisotopic (exact) mass is 430 g/mol. The molecule has 0 radical (unpaired) electrons. The molecular weight excluding hydrogens is 416 g/mol. The molecule has 2 atom stereocenters. The molecule has 4 rings (SSSR count). The number of nitrogens with zero attached hydrogens (tertiary/aromatic N) is 3. The van der Waals surface area contributed by atoms with Crippen LogP contribution < -0.4 is 5.73 Å². The summed E-state index contributed by atoms with van der Waals surface area (Å²) in [6.07, 6.45) is 3.51. The molecule has 136 valence electrons. The lowest BCUT2D eigenvalue weighted by atomic mass is 9.60. The van der Waals surface area contributed by atoms with Gasteiger partial charge in [0.2, 0.25) is 0 Å². The Labute approximate surface area is 171 Å². The van der Waals surface area contributed by atoms with Crippen molar-refractivity contribution in [2.24, 2.45) is 17.1 Å². The molecule has 1 heterocycles. The van der Waals surface area contributed by atoms with Gasteiger partial charge in [0.1, 0.15) is 17.6 Å². The molecule has 2 N–H and O–H groups in total. The highest BCUT2D eigenvalue weighted by Crippen LogP contribution is 2.56. The summed E-state index contributed by atoms with van der Waals surface area (Å²) in [7, 11) is 0. The molecule has 2 aromatic rings. The third kappa shape index (κ3) is 2.48. The zero-order chi connectivity index (χ0) is 19.9. The first-order valence-corrected chi connectivity index (χ1v) is 9.64. The minimum absolute atomic E-state index is 0.0241. The summed E-state index contributed by atoms with van der Waals surface area (Å²) in [4.78, 5) is 0. The smallest absolute Gasteiger partial charge is 0.194 e. The van der Waals surface area contributed by atoms with Crippen LogP contribution in [0, 0.1) is 45.3 Å². The number of benzene rings is 1. The topological polar surface area (TPSA) is 111 Å². The zero-order valence-corrected chi connectivity index (χ0v) is 16.4. The van der Waals surface area contributed by atoms with Crippen LogP contribution in [0.2, 0.25) is 0 Å². The van der Waals surface area contributed by atoms with Crippen molar-refractivity contribution >= 4 is 15.9 Å². The largest absolute Gasteiger partial charge is 0.461 e. The van der Waals surface area contributed by atoms with Gasteiger partial charge in [0.25, 0.3) is 0 Å². The number of hydrogen-bond donors (Lipinski definition) is 1. The number of nitrogens with two attached hydrogens (primary N) is 1. The van der Waals surface area contributed by atoms with Crippen molar-refractivity contribution < 1.29 is 4.42 Å². The molecule has 0 bridgehead atoms. The summed E-state index contributed by atoms with van der Waals surface area (Å²) in [6.45, 7) is 0. The molecule has 0 amide bonds. The summed E-state index contributed by atoms with van der Waals surface area (Å²) in [6, 6.07) is 17.7. The Kier molecular flexibility index (Phi) is 4.34. The van der Waals surface area contributed by atoms with Crippen molar-refractivity contribution in [1.29, 1.82) is 15.8 Å². The highest BCUT2D eigenvalue weighted by Gasteiger charge is 2.55. The van der Waals surface area contributed by atoms with E-state index in [0.717, 1.165) is 28.5 Å². The lowest BCUT2D eigenvalue weighted by molar-refractivity contribution is 0.297. The maximum atomic E-state index is 9.97. The molecule has 2 aliphatic rings. The third-order valence-corrected chi connectivity index (χ3v) is 6.15. The average Bonchev–Trinajstić information content (AvgIpc) is 3.38. The second-order valence-electron chi connectivity index (χ2n) is 6.96. The van der Waals surface area contributed by atoms with E-state index in [1.807, 2.05) is 42.5 Å². The molecule has 28 heavy (non-hydrogen) atoms. The summed E-state index contributed by atoms with van der Waals surface area (Å²) in [5.74, 6) is 0.492. The minimum Gasteiger partial charge on any atom is -0.461 e. The van der Waals surface area contributed by atoms with Crippen LogP contribution in [0.4, 0.5) is 0 Å². The van der Waals surface area contributed by atoms with E-state index in [-0.39, 0.29) is 17.2 Å². The van der Waals surface area contributed by atoms with Gasteiger partial charge >= 0.3 is 0 Å². The van der Waals surface area contributed by atoms with Crippen molar-refractivity contribution in [3.05, 3.63) is 69.6 Å². The van der Waals surface area contributed by atoms with Crippen LogP contribution in [0.25, 0.3) is 11.3 Å². The van der Waals surface area contributed by atoms with Gasteiger partial charge in [-0.1, -0.05) is 34.1 Å². The van der Waals surface area contributed by atoms with E-state index < -0.39 is 11.3 Å². The molecule has 1 aromatic heterocycles. The van der Waals surface area contributed by atoms with Gasteiger partial charge in [-0.25, -0.2) is 0 Å². The lowest BCUT2D eigenvalue weighted by Crippen LogP contribution is -2.41. The summed E-state index contributed by atoms with van der Waals surface area (Å²) >= 11 is 3.41. The number of halogens is 1. The van der Waals surface area contributed by atoms with Crippen LogP contribution in [0.15, 0.2) is 68.2 Å². The number of furan rings is 1. The molecule has 2 aliphatic carbocycles. The van der Waals surface area contributed by atoms with Gasteiger partial charge in [-0.05, 0) is 48.6 Å².